The maximum atomic E-state index is 14.0. The topological polar surface area (TPSA) is 333 Å². The van der Waals surface area contributed by atoms with Crippen molar-refractivity contribution < 1.29 is 81.8 Å². The fourth-order valence-electron chi connectivity index (χ4n) is 17.7. The first kappa shape index (κ1) is 92.8. The lowest BCUT2D eigenvalue weighted by molar-refractivity contribution is -0.0462. The summed E-state index contributed by atoms with van der Waals surface area (Å²) in [5.41, 5.74) is 10.1. The van der Waals surface area contributed by atoms with Gasteiger partial charge in [0, 0.05) is 98.6 Å². The minimum absolute atomic E-state index is 0.0670. The van der Waals surface area contributed by atoms with Gasteiger partial charge in [-0.3, -0.25) is 0 Å². The third-order valence-corrected chi connectivity index (χ3v) is 31.2. The first-order valence-corrected chi connectivity index (χ1v) is 49.5. The number of nitrogens with zero attached hydrogens (tertiary/aromatic N) is 4. The van der Waals surface area contributed by atoms with Crippen molar-refractivity contribution in [2.24, 2.45) is 0 Å². The van der Waals surface area contributed by atoms with Crippen molar-refractivity contribution in [2.75, 3.05) is 57.6 Å². The van der Waals surface area contributed by atoms with E-state index in [1.54, 1.807) is 121 Å². The van der Waals surface area contributed by atoms with E-state index in [1.807, 2.05) is 143 Å². The average Bonchev–Trinajstić information content (AvgIpc) is 1.56. The van der Waals surface area contributed by atoms with Crippen LogP contribution in [-0.4, -0.2) is 175 Å². The predicted octanol–water partition coefficient (Wildman–Crippen LogP) is 16.0. The zero-order valence-corrected chi connectivity index (χ0v) is 77.0. The molecular formula is C96H91Cl4F2N9O16S4. The number of rotatable bonds is 16. The second kappa shape index (κ2) is 38.2. The van der Waals surface area contributed by atoms with Crippen LogP contribution in [0.1, 0.15) is 40.4 Å². The Kier molecular flexibility index (Phi) is 27.0. The molecule has 0 aliphatic carbocycles. The number of hydrogen-bond acceptors (Lipinski definition) is 18. The summed E-state index contributed by atoms with van der Waals surface area (Å²) < 4.78 is 171. The second-order valence-corrected chi connectivity index (χ2v) is 41.8. The van der Waals surface area contributed by atoms with Gasteiger partial charge >= 0.3 is 0 Å². The van der Waals surface area contributed by atoms with Gasteiger partial charge in [-0.05, 0) is 210 Å². The van der Waals surface area contributed by atoms with Gasteiger partial charge in [0.25, 0.3) is 0 Å². The lowest BCUT2D eigenvalue weighted by Gasteiger charge is -2.44. The minimum Gasteiger partial charge on any atom is -0.453 e. The van der Waals surface area contributed by atoms with E-state index in [2.05, 4.69) is 24.2 Å². The molecule has 5 aliphatic rings. The molecule has 9 N–H and O–H groups in total. The summed E-state index contributed by atoms with van der Waals surface area (Å²) in [5.74, 6) is 0.440. The number of aromatic nitrogens is 3. The Morgan fingerprint density at radius 2 is 0.588 bits per heavy atom. The number of aliphatic hydroxyl groups excluding tert-OH is 4. The Morgan fingerprint density at radius 1 is 0.321 bits per heavy atom. The Balaban J connectivity index is 0.000000122. The van der Waals surface area contributed by atoms with Crippen molar-refractivity contribution in [3.05, 3.63) is 309 Å². The van der Waals surface area contributed by atoms with Crippen LogP contribution < -0.4 is 33.8 Å². The number of halogens is 6. The lowest BCUT2D eigenvalue weighted by Crippen LogP contribution is -2.60. The van der Waals surface area contributed by atoms with Crippen molar-refractivity contribution >= 4 is 163 Å². The molecule has 0 bridgehead atoms. The summed E-state index contributed by atoms with van der Waals surface area (Å²) >= 11 is 25.0. The van der Waals surface area contributed by atoms with Gasteiger partial charge in [0.1, 0.15) is 11.6 Å². The molecule has 4 saturated heterocycles. The first-order chi connectivity index (χ1) is 62.7. The van der Waals surface area contributed by atoms with E-state index in [1.165, 1.54) is 36.4 Å². The predicted molar refractivity (Wildman–Crippen MR) is 505 cm³/mol. The van der Waals surface area contributed by atoms with Crippen LogP contribution in [0.5, 0.6) is 11.5 Å². The van der Waals surface area contributed by atoms with Crippen molar-refractivity contribution in [2.45, 2.75) is 120 Å². The lowest BCUT2D eigenvalue weighted by atomic mass is 9.98. The van der Waals surface area contributed by atoms with Gasteiger partial charge in [0.15, 0.2) is 11.5 Å². The van der Waals surface area contributed by atoms with Crippen LogP contribution in [0.2, 0.25) is 20.1 Å². The zero-order valence-electron chi connectivity index (χ0n) is 70.7. The molecule has 0 amide bonds. The molecule has 35 heteroatoms. The molecule has 20 rings (SSSR count). The molecule has 3 aromatic heterocycles. The molecular weight excluding hydrogens is 1840 g/mol. The monoisotopic (exact) mass is 1930 g/mol. The fourth-order valence-corrected chi connectivity index (χ4v) is 23.3. The van der Waals surface area contributed by atoms with Crippen molar-refractivity contribution in [3.63, 3.8) is 0 Å². The number of nitrogens with one attached hydrogen (secondary N) is 5. The summed E-state index contributed by atoms with van der Waals surface area (Å²) in [6.45, 7) is 9.05. The zero-order chi connectivity index (χ0) is 92.3. The number of ether oxygens (including phenoxy) is 4. The number of hydrogen-bond donors (Lipinski definition) is 9. The number of sulfonamides is 4. The van der Waals surface area contributed by atoms with Crippen molar-refractivity contribution in [3.8, 4) is 11.5 Å². The SMILES string of the molecule is Cc1ccc(S(=O)(=O)N[C@@H]2CNC[C@H](n3c4ccc(F)cc4c4cc(F)ccc43)[C@H]2O)cc1.Cc1ccc(S(=O)(=O)N[C@@H]2COC[C@H](N3c4ccccc4Oc4ccccc43)[C@H]2O)cc1.Cc1ccc(S(=O)(=O)N[C@@H]2COC[C@H](n3c4ccc(Cl)cc4c4cc(Cl)ccc43)[C@H]2O)cc1.Cc1ccc(S(=O)(=O)N[C@H]2COC[C@@H](n3c4ccc(Cl)cc4c4cc(Cl)ccc43)[C@@H]2O)cc1. The quantitative estimate of drug-likeness (QED) is 0.0434. The maximum Gasteiger partial charge on any atom is 0.240 e. The largest absolute Gasteiger partial charge is 0.453 e. The molecule has 0 unspecified atom stereocenters. The number of aryl methyl sites for hydroxylation is 4. The van der Waals surface area contributed by atoms with Crippen LogP contribution in [0, 0.1) is 39.3 Å². The highest BCUT2D eigenvalue weighted by molar-refractivity contribution is 7.90. The Hall–Kier alpha value is -10.0. The van der Waals surface area contributed by atoms with Gasteiger partial charge in [-0.25, -0.2) is 61.3 Å². The van der Waals surface area contributed by atoms with Crippen LogP contribution in [0.4, 0.5) is 20.2 Å². The molecule has 25 nitrogen and oxygen atoms in total. The molecule has 131 heavy (non-hydrogen) atoms. The number of anilines is 2. The molecule has 682 valence electrons. The number of piperidine rings is 1. The summed E-state index contributed by atoms with van der Waals surface area (Å²) in [6, 6.07) is 66.6. The van der Waals surface area contributed by atoms with Gasteiger partial charge in [0.2, 0.25) is 40.1 Å². The van der Waals surface area contributed by atoms with Crippen LogP contribution in [0.3, 0.4) is 0 Å². The van der Waals surface area contributed by atoms with Crippen LogP contribution in [-0.2, 0) is 54.3 Å². The highest BCUT2D eigenvalue weighted by Crippen LogP contribution is 2.49. The van der Waals surface area contributed by atoms with Crippen LogP contribution in [0.25, 0.3) is 65.4 Å². The van der Waals surface area contributed by atoms with Gasteiger partial charge in [-0.15, -0.1) is 0 Å². The first-order valence-electron chi connectivity index (χ1n) is 42.0. The van der Waals surface area contributed by atoms with E-state index in [4.69, 9.17) is 65.4 Å². The van der Waals surface area contributed by atoms with Crippen LogP contribution >= 0.6 is 46.4 Å². The molecule has 0 radical (unpaired) electrons. The van der Waals surface area contributed by atoms with Gasteiger partial charge < -0.3 is 63.3 Å². The molecule has 4 fully saturated rings. The Bertz CT molecular complexity index is 6560. The van der Waals surface area contributed by atoms with Crippen molar-refractivity contribution in [1.29, 1.82) is 0 Å². The molecule has 0 spiro atoms. The number of aliphatic hydroxyl groups is 4. The second-order valence-electron chi connectivity index (χ2n) is 33.2. The van der Waals surface area contributed by atoms with Gasteiger partial charge in [-0.1, -0.05) is 141 Å². The highest BCUT2D eigenvalue weighted by atomic mass is 35.5. The standard InChI is InChI=1S/2C24H22Cl2N2O4S.C24H23F2N3O3S.C24H24N2O5S/c2*1-14-2-6-17(7-3-14)33(30,31)27-20-12-32-13-23(24(20)29)28-21-8-4-15(25)10-18(21)19-11-16(26)5-9-22(19)28;1-14-2-6-17(7-3-14)33(31,32)28-20-12-27-13-23(24(20)30)29-21-8-4-15(25)10-18(21)19-11-16(26)5-9-22(19)29;1-16-10-12-17(13-11-16)32(28,29)25-18-14-30-15-21(24(18)27)26-19-6-2-4-8-22(19)31-23-9-5-3-7-20(23)26/h2*2-11,20,23-24,27,29H,12-13H2,1H3;2-11,20,23-24,27-28,30H,12-13H2,1H3;2-13,18,21,24-25,27H,14-15H2,1H3/t3*20-,23+,24+;18-,21+,24+/m1011/s1. The number of para-hydroxylation sites is 4. The van der Waals surface area contributed by atoms with E-state index in [9.17, 15) is 62.9 Å². The average molecular weight is 1930 g/mol. The number of fused-ring (bicyclic) bond motifs is 11. The summed E-state index contributed by atoms with van der Waals surface area (Å²) in [6.07, 6.45) is -4.14. The van der Waals surface area contributed by atoms with E-state index >= 15 is 0 Å². The van der Waals surface area contributed by atoms with Gasteiger partial charge in [-0.2, -0.15) is 0 Å². The molecule has 15 aromatic rings. The highest BCUT2D eigenvalue weighted by Gasteiger charge is 2.45. The number of benzene rings is 12. The molecule has 12 atom stereocenters. The molecule has 5 aliphatic heterocycles. The van der Waals surface area contributed by atoms with Crippen molar-refractivity contribution in [1.82, 2.24) is 37.9 Å². The normalized spacial score (nSPS) is 21.9. The van der Waals surface area contributed by atoms with E-state index in [0.717, 1.165) is 77.2 Å². The smallest absolute Gasteiger partial charge is 0.240 e. The Labute approximate surface area is 775 Å². The summed E-state index contributed by atoms with van der Waals surface area (Å²) in [4.78, 5) is 2.53. The van der Waals surface area contributed by atoms with E-state index in [-0.39, 0.29) is 65.8 Å². The third kappa shape index (κ3) is 19.3. The summed E-state index contributed by atoms with van der Waals surface area (Å²) in [5, 5.41) is 55.3. The molecule has 8 heterocycles. The Morgan fingerprint density at radius 3 is 0.916 bits per heavy atom. The van der Waals surface area contributed by atoms with E-state index in [0.29, 0.717) is 59.9 Å². The minimum atomic E-state index is -3.86. The summed E-state index contributed by atoms with van der Waals surface area (Å²) in [7, 11) is -15.3. The molecule has 0 saturated carbocycles. The maximum absolute atomic E-state index is 14.0. The third-order valence-electron chi connectivity index (χ3n) is 24.2. The van der Waals surface area contributed by atoms with E-state index < -0.39 is 124 Å². The molecule has 12 aromatic carbocycles. The fraction of sp³-hybridized carbons (Fsp3) is 0.250. The van der Waals surface area contributed by atoms with Crippen LogP contribution in [0.15, 0.2) is 274 Å². The van der Waals surface area contributed by atoms with Gasteiger partial charge in [0.05, 0.1) is 143 Å².